The second kappa shape index (κ2) is 8.53. The Morgan fingerprint density at radius 3 is 2.36 bits per heavy atom. The average molecular weight is 422 g/mol. The van der Waals surface area contributed by atoms with Gasteiger partial charge in [-0.2, -0.15) is 0 Å². The summed E-state index contributed by atoms with van der Waals surface area (Å²) in [4.78, 5) is 1.07. The Kier molecular flexibility index (Phi) is 6.66. The van der Waals surface area contributed by atoms with Gasteiger partial charge >= 0.3 is 0 Å². The molecule has 0 atom stereocenters. The summed E-state index contributed by atoms with van der Waals surface area (Å²) in [5.74, 6) is -1.85. The highest BCUT2D eigenvalue weighted by atomic mass is 79.9. The third kappa shape index (κ3) is 4.64. The number of hydrogen-bond acceptors (Lipinski definition) is 3. The summed E-state index contributed by atoms with van der Waals surface area (Å²) >= 11 is 3.18. The van der Waals surface area contributed by atoms with E-state index in [-0.39, 0.29) is 30.4 Å². The van der Waals surface area contributed by atoms with E-state index in [0.717, 1.165) is 17.0 Å². The van der Waals surface area contributed by atoms with Gasteiger partial charge in [0.05, 0.1) is 24.4 Å². The molecule has 0 unspecified atom stereocenters. The van der Waals surface area contributed by atoms with E-state index in [0.29, 0.717) is 4.48 Å². The predicted octanol–water partition coefficient (Wildman–Crippen LogP) is 4.70. The monoisotopic (exact) mass is 421 g/mol. The molecule has 0 spiro atoms. The third-order valence-corrected chi connectivity index (χ3v) is 4.15. The van der Waals surface area contributed by atoms with Crippen LogP contribution in [0, 0.1) is 11.6 Å². The van der Waals surface area contributed by atoms with E-state index in [4.69, 9.17) is 9.47 Å². The molecular formula is C17H16BrF4NO2. The molecule has 136 valence electrons. The van der Waals surface area contributed by atoms with Gasteiger partial charge in [-0.1, -0.05) is 6.58 Å². The van der Waals surface area contributed by atoms with E-state index in [1.54, 1.807) is 0 Å². The lowest BCUT2D eigenvalue weighted by Gasteiger charge is -2.31. The lowest BCUT2D eigenvalue weighted by Crippen LogP contribution is -2.29. The summed E-state index contributed by atoms with van der Waals surface area (Å²) in [7, 11) is 1.47. The van der Waals surface area contributed by atoms with Crippen LogP contribution in [0.3, 0.4) is 0 Å². The lowest BCUT2D eigenvalue weighted by atomic mass is 10.0. The highest BCUT2D eigenvalue weighted by Gasteiger charge is 2.27. The maximum Gasteiger partial charge on any atom is 0.256 e. The molecule has 2 rings (SSSR count). The van der Waals surface area contributed by atoms with Crippen LogP contribution in [-0.4, -0.2) is 38.2 Å². The van der Waals surface area contributed by atoms with Crippen LogP contribution in [0.2, 0.25) is 0 Å². The number of benzene rings is 1. The van der Waals surface area contributed by atoms with Crippen LogP contribution in [0.15, 0.2) is 41.0 Å². The average Bonchev–Trinajstić information content (AvgIpc) is 2.53. The fraction of sp³-hybridized carbons (Fsp3) is 0.294. The van der Waals surface area contributed by atoms with Gasteiger partial charge in [0.15, 0.2) is 0 Å². The van der Waals surface area contributed by atoms with Gasteiger partial charge in [-0.25, -0.2) is 17.6 Å². The van der Waals surface area contributed by atoms with Crippen molar-refractivity contribution in [2.75, 3.05) is 26.9 Å². The van der Waals surface area contributed by atoms with E-state index < -0.39 is 30.2 Å². The number of halogens is 5. The third-order valence-electron chi connectivity index (χ3n) is 3.43. The minimum Gasteiger partial charge on any atom is -0.491 e. The summed E-state index contributed by atoms with van der Waals surface area (Å²) in [5.41, 5.74) is -0.263. The maximum absolute atomic E-state index is 14.5. The van der Waals surface area contributed by atoms with Crippen molar-refractivity contribution in [2.24, 2.45) is 0 Å². The molecule has 1 aliphatic heterocycles. The molecule has 0 bridgehead atoms. The Bertz CT molecular complexity index is 696. The second-order valence-corrected chi connectivity index (χ2v) is 5.97. The Hall–Kier alpha value is -1.80. The van der Waals surface area contributed by atoms with Crippen LogP contribution in [-0.2, 0) is 4.74 Å². The van der Waals surface area contributed by atoms with E-state index >= 15 is 0 Å². The predicted molar refractivity (Wildman–Crippen MR) is 90.6 cm³/mol. The van der Waals surface area contributed by atoms with E-state index in [9.17, 15) is 17.6 Å². The van der Waals surface area contributed by atoms with Crippen LogP contribution in [0.4, 0.5) is 17.6 Å². The van der Waals surface area contributed by atoms with Crippen molar-refractivity contribution in [2.45, 2.75) is 6.43 Å². The Morgan fingerprint density at radius 1 is 1.16 bits per heavy atom. The van der Waals surface area contributed by atoms with Gasteiger partial charge in [0.25, 0.3) is 6.43 Å². The SMILES string of the molecule is C=C1C(Br)=CC=C(c2c(F)cc(OCCOC)cc2F)N1CC(F)F. The summed E-state index contributed by atoms with van der Waals surface area (Å²) < 4.78 is 65.1. The zero-order chi connectivity index (χ0) is 18.6. The summed E-state index contributed by atoms with van der Waals surface area (Å²) in [6.07, 6.45) is 0.150. The maximum atomic E-state index is 14.5. The topological polar surface area (TPSA) is 21.7 Å². The highest BCUT2D eigenvalue weighted by molar-refractivity contribution is 9.12. The Balaban J connectivity index is 2.39. The van der Waals surface area contributed by atoms with Gasteiger partial charge < -0.3 is 14.4 Å². The highest BCUT2D eigenvalue weighted by Crippen LogP contribution is 2.36. The molecule has 1 heterocycles. The molecule has 0 amide bonds. The Labute approximate surface area is 151 Å². The van der Waals surface area contributed by atoms with Gasteiger partial charge in [0, 0.05) is 29.4 Å². The van der Waals surface area contributed by atoms with Crippen molar-refractivity contribution in [1.29, 1.82) is 0 Å². The van der Waals surface area contributed by atoms with Crippen molar-refractivity contribution in [3.05, 3.63) is 58.2 Å². The lowest BCUT2D eigenvalue weighted by molar-refractivity contribution is 0.123. The van der Waals surface area contributed by atoms with Crippen LogP contribution >= 0.6 is 15.9 Å². The first-order valence-corrected chi connectivity index (χ1v) is 8.08. The minimum atomic E-state index is -2.71. The van der Waals surface area contributed by atoms with Gasteiger partial charge in [-0.15, -0.1) is 0 Å². The first-order valence-electron chi connectivity index (χ1n) is 7.28. The first-order chi connectivity index (χ1) is 11.8. The minimum absolute atomic E-state index is 0.0110. The van der Waals surface area contributed by atoms with Crippen LogP contribution in [0.25, 0.3) is 5.70 Å². The summed E-state index contributed by atoms with van der Waals surface area (Å²) in [6, 6.07) is 2.01. The van der Waals surface area contributed by atoms with E-state index in [1.165, 1.54) is 19.3 Å². The fourth-order valence-corrected chi connectivity index (χ4v) is 2.64. The van der Waals surface area contributed by atoms with Crippen molar-refractivity contribution >= 4 is 21.6 Å². The molecule has 25 heavy (non-hydrogen) atoms. The number of allylic oxidation sites excluding steroid dienone is 3. The second-order valence-electron chi connectivity index (χ2n) is 5.12. The van der Waals surface area contributed by atoms with Gasteiger partial charge in [-0.3, -0.25) is 0 Å². The first kappa shape index (κ1) is 19.5. The molecule has 0 N–H and O–H groups in total. The molecule has 0 radical (unpaired) electrons. The molecule has 1 aromatic rings. The van der Waals surface area contributed by atoms with E-state index in [2.05, 4.69) is 22.5 Å². The fourth-order valence-electron chi connectivity index (χ4n) is 2.30. The normalized spacial score (nSPS) is 14.7. The molecule has 1 aliphatic rings. The standard InChI is InChI=1S/C17H16BrF4NO2/c1-10-12(18)3-4-15(23(10)9-16(21)22)17-13(19)7-11(8-14(17)20)25-6-5-24-2/h3-4,7-8,16H,1,5-6,9H2,2H3. The van der Waals surface area contributed by atoms with Gasteiger partial charge in [0.2, 0.25) is 0 Å². The van der Waals surface area contributed by atoms with E-state index in [1.807, 2.05) is 0 Å². The zero-order valence-corrected chi connectivity index (χ0v) is 15.0. The molecule has 0 saturated heterocycles. The van der Waals surface area contributed by atoms with Crippen molar-refractivity contribution in [3.63, 3.8) is 0 Å². The molecule has 3 nitrogen and oxygen atoms in total. The number of hydrogen-bond donors (Lipinski definition) is 0. The molecule has 0 aromatic heterocycles. The Morgan fingerprint density at radius 2 is 1.80 bits per heavy atom. The number of ether oxygens (including phenoxy) is 2. The number of rotatable bonds is 7. The number of alkyl halides is 2. The van der Waals surface area contributed by atoms with Crippen LogP contribution in [0.1, 0.15) is 5.56 Å². The van der Waals surface area contributed by atoms with Crippen LogP contribution in [0.5, 0.6) is 5.75 Å². The van der Waals surface area contributed by atoms with Crippen molar-refractivity contribution in [1.82, 2.24) is 4.90 Å². The zero-order valence-electron chi connectivity index (χ0n) is 13.4. The number of methoxy groups -OCH3 is 1. The summed E-state index contributed by atoms with van der Waals surface area (Å²) in [5, 5.41) is 0. The van der Waals surface area contributed by atoms with Gasteiger partial charge in [0.1, 0.15) is 24.0 Å². The van der Waals surface area contributed by atoms with Crippen LogP contribution < -0.4 is 4.74 Å². The molecule has 1 aromatic carbocycles. The van der Waals surface area contributed by atoms with Crippen molar-refractivity contribution in [3.8, 4) is 5.75 Å². The largest absolute Gasteiger partial charge is 0.491 e. The molecular weight excluding hydrogens is 406 g/mol. The number of nitrogens with zero attached hydrogens (tertiary/aromatic N) is 1. The molecule has 8 heteroatoms. The smallest absolute Gasteiger partial charge is 0.256 e. The molecule has 0 aliphatic carbocycles. The molecule has 0 fully saturated rings. The molecule has 0 saturated carbocycles. The summed E-state index contributed by atoms with van der Waals surface area (Å²) in [6.45, 7) is 3.34. The van der Waals surface area contributed by atoms with Gasteiger partial charge in [-0.05, 0) is 28.1 Å². The quantitative estimate of drug-likeness (QED) is 0.470. The van der Waals surface area contributed by atoms with Crippen molar-refractivity contribution < 1.29 is 27.0 Å².